The summed E-state index contributed by atoms with van der Waals surface area (Å²) in [6.45, 7) is 0.449. The molecule has 166 valence electrons. The van der Waals surface area contributed by atoms with Crippen LogP contribution in [0.4, 0.5) is 0 Å². The number of carbonyl (C=O) groups excluding carboxylic acids is 1. The maximum absolute atomic E-state index is 12.2. The number of nitrogens with one attached hydrogen (secondary N) is 1. The Hall–Kier alpha value is -2.94. The third kappa shape index (κ3) is 7.02. The van der Waals surface area contributed by atoms with Gasteiger partial charge in [0.25, 0.3) is 5.91 Å². The average molecular weight is 538 g/mol. The third-order valence-electron chi connectivity index (χ3n) is 4.48. The number of benzene rings is 3. The lowest BCUT2D eigenvalue weighted by atomic mass is 10.2. The zero-order chi connectivity index (χ0) is 22.9. The molecule has 0 fully saturated rings. The van der Waals surface area contributed by atoms with Crippen molar-refractivity contribution in [2.45, 2.75) is 10.9 Å². The maximum Gasteiger partial charge on any atom is 0.250 e. The summed E-state index contributed by atoms with van der Waals surface area (Å²) in [7, 11) is 0. The molecule has 0 unspecified atom stereocenters. The number of hydrogen-bond donors (Lipinski definition) is 1. The van der Waals surface area contributed by atoms with Crippen molar-refractivity contribution in [3.63, 3.8) is 0 Å². The standard InChI is InChI=1S/C25H20BrN3O2S2/c26-21-11-12-23(31-15-18-7-3-1-4-8-18)20(13-21)14-27-29-24(30)17-33-25-28-22(16-32-25)19-9-5-2-6-10-19/h1-14,16H,15,17H2,(H,29,30)/b27-14+. The van der Waals surface area contributed by atoms with Crippen molar-refractivity contribution in [3.8, 4) is 17.0 Å². The van der Waals surface area contributed by atoms with E-state index in [1.165, 1.54) is 23.1 Å². The molecule has 3 aromatic carbocycles. The van der Waals surface area contributed by atoms with Crippen molar-refractivity contribution in [1.29, 1.82) is 0 Å². The lowest BCUT2D eigenvalue weighted by Gasteiger charge is -2.09. The van der Waals surface area contributed by atoms with Crippen LogP contribution in [0.2, 0.25) is 0 Å². The van der Waals surface area contributed by atoms with E-state index in [4.69, 9.17) is 4.74 Å². The molecule has 4 aromatic rings. The van der Waals surface area contributed by atoms with Crippen LogP contribution in [0.3, 0.4) is 0 Å². The van der Waals surface area contributed by atoms with Crippen molar-refractivity contribution in [1.82, 2.24) is 10.4 Å². The van der Waals surface area contributed by atoms with Gasteiger partial charge in [-0.05, 0) is 23.8 Å². The van der Waals surface area contributed by atoms with E-state index < -0.39 is 0 Å². The zero-order valence-corrected chi connectivity index (χ0v) is 20.7. The highest BCUT2D eigenvalue weighted by molar-refractivity contribution is 9.10. The first-order chi connectivity index (χ1) is 16.2. The third-order valence-corrected chi connectivity index (χ3v) is 7.00. The Bertz CT molecular complexity index is 1230. The van der Waals surface area contributed by atoms with Crippen molar-refractivity contribution in [3.05, 3.63) is 99.8 Å². The van der Waals surface area contributed by atoms with Crippen LogP contribution in [0.5, 0.6) is 5.75 Å². The molecule has 0 bridgehead atoms. The first-order valence-corrected chi connectivity index (χ1v) is 12.7. The molecule has 33 heavy (non-hydrogen) atoms. The fraction of sp³-hybridized carbons (Fsp3) is 0.0800. The molecule has 1 N–H and O–H groups in total. The molecule has 1 aromatic heterocycles. The van der Waals surface area contributed by atoms with Gasteiger partial charge < -0.3 is 4.74 Å². The molecule has 0 atom stereocenters. The van der Waals surface area contributed by atoms with Gasteiger partial charge >= 0.3 is 0 Å². The second-order valence-electron chi connectivity index (χ2n) is 6.90. The molecule has 0 radical (unpaired) electrons. The van der Waals surface area contributed by atoms with E-state index in [9.17, 15) is 4.79 Å². The number of halogens is 1. The van der Waals surface area contributed by atoms with Crippen LogP contribution in [0.15, 0.2) is 98.2 Å². The van der Waals surface area contributed by atoms with Crippen LogP contribution < -0.4 is 10.2 Å². The summed E-state index contributed by atoms with van der Waals surface area (Å²) in [6, 6.07) is 25.6. The lowest BCUT2D eigenvalue weighted by molar-refractivity contribution is -0.118. The van der Waals surface area contributed by atoms with Crippen LogP contribution in [0, 0.1) is 0 Å². The summed E-state index contributed by atoms with van der Waals surface area (Å²) in [5, 5.41) is 6.11. The summed E-state index contributed by atoms with van der Waals surface area (Å²) in [6.07, 6.45) is 1.59. The van der Waals surface area contributed by atoms with Crippen molar-refractivity contribution < 1.29 is 9.53 Å². The van der Waals surface area contributed by atoms with E-state index in [0.29, 0.717) is 12.4 Å². The van der Waals surface area contributed by atoms with Crippen molar-refractivity contribution in [2.24, 2.45) is 5.10 Å². The van der Waals surface area contributed by atoms with Gasteiger partial charge in [0, 0.05) is 21.0 Å². The normalized spacial score (nSPS) is 10.9. The summed E-state index contributed by atoms with van der Waals surface area (Å²) < 4.78 is 7.69. The highest BCUT2D eigenvalue weighted by atomic mass is 79.9. The number of nitrogens with zero attached hydrogens (tertiary/aromatic N) is 2. The fourth-order valence-electron chi connectivity index (χ4n) is 2.89. The first kappa shape index (κ1) is 23.2. The van der Waals surface area contributed by atoms with Crippen LogP contribution in [-0.2, 0) is 11.4 Å². The van der Waals surface area contributed by atoms with E-state index in [1.54, 1.807) is 6.21 Å². The predicted molar refractivity (Wildman–Crippen MR) is 139 cm³/mol. The van der Waals surface area contributed by atoms with Crippen LogP contribution in [0.1, 0.15) is 11.1 Å². The van der Waals surface area contributed by atoms with E-state index in [0.717, 1.165) is 31.2 Å². The minimum absolute atomic E-state index is 0.200. The summed E-state index contributed by atoms with van der Waals surface area (Å²) in [5.41, 5.74) is 6.40. The Morgan fingerprint density at radius 1 is 1.09 bits per heavy atom. The van der Waals surface area contributed by atoms with Gasteiger partial charge in [0.1, 0.15) is 12.4 Å². The Morgan fingerprint density at radius 2 is 1.85 bits per heavy atom. The van der Waals surface area contributed by atoms with Crippen LogP contribution in [-0.4, -0.2) is 22.9 Å². The van der Waals surface area contributed by atoms with E-state index >= 15 is 0 Å². The largest absolute Gasteiger partial charge is 0.488 e. The number of thiazole rings is 1. The second-order valence-corrected chi connectivity index (χ2v) is 9.90. The number of carbonyl (C=O) groups is 1. The predicted octanol–water partition coefficient (Wildman–Crippen LogP) is 6.39. The maximum atomic E-state index is 12.2. The minimum atomic E-state index is -0.200. The summed E-state index contributed by atoms with van der Waals surface area (Å²) in [4.78, 5) is 16.8. The monoisotopic (exact) mass is 537 g/mol. The van der Waals surface area contributed by atoms with Gasteiger partial charge in [0.2, 0.25) is 0 Å². The van der Waals surface area contributed by atoms with Crippen LogP contribution in [0.25, 0.3) is 11.3 Å². The highest BCUT2D eigenvalue weighted by Gasteiger charge is 2.08. The average Bonchev–Trinajstić information content (AvgIpc) is 3.33. The molecular formula is C25H20BrN3O2S2. The molecule has 4 rings (SSSR count). The topological polar surface area (TPSA) is 63.6 Å². The molecule has 0 aliphatic carbocycles. The van der Waals surface area contributed by atoms with Gasteiger partial charge in [-0.25, -0.2) is 10.4 Å². The molecule has 0 saturated heterocycles. The number of ether oxygens (including phenoxy) is 1. The number of hydrazone groups is 1. The number of aromatic nitrogens is 1. The van der Waals surface area contributed by atoms with Crippen molar-refractivity contribution >= 4 is 51.2 Å². The molecular weight excluding hydrogens is 518 g/mol. The van der Waals surface area contributed by atoms with Gasteiger partial charge in [-0.3, -0.25) is 4.79 Å². The summed E-state index contributed by atoms with van der Waals surface area (Å²) >= 11 is 6.39. The van der Waals surface area contributed by atoms with Gasteiger partial charge in [0.15, 0.2) is 4.34 Å². The molecule has 1 amide bonds. The van der Waals surface area contributed by atoms with Gasteiger partial charge in [0.05, 0.1) is 17.7 Å². The Kier molecular flexibility index (Phi) is 8.30. The molecule has 1 heterocycles. The van der Waals surface area contributed by atoms with Crippen LogP contribution >= 0.6 is 39.0 Å². The van der Waals surface area contributed by atoms with Gasteiger partial charge in [-0.15, -0.1) is 11.3 Å². The molecule has 8 heteroatoms. The Labute approximate surface area is 209 Å². The quantitative estimate of drug-likeness (QED) is 0.152. The lowest BCUT2D eigenvalue weighted by Crippen LogP contribution is -2.19. The van der Waals surface area contributed by atoms with E-state index in [1.807, 2.05) is 84.2 Å². The highest BCUT2D eigenvalue weighted by Crippen LogP contribution is 2.28. The van der Waals surface area contributed by atoms with E-state index in [-0.39, 0.29) is 11.7 Å². The molecule has 0 aliphatic heterocycles. The second kappa shape index (κ2) is 11.8. The Morgan fingerprint density at radius 3 is 2.64 bits per heavy atom. The zero-order valence-electron chi connectivity index (χ0n) is 17.5. The molecule has 0 spiro atoms. The van der Waals surface area contributed by atoms with E-state index in [2.05, 4.69) is 31.4 Å². The number of rotatable bonds is 9. The number of amides is 1. The first-order valence-electron chi connectivity index (χ1n) is 10.1. The molecule has 0 aliphatic rings. The molecule has 0 saturated carbocycles. The SMILES string of the molecule is O=C(CSc1nc(-c2ccccc2)cs1)N/N=C/c1cc(Br)ccc1OCc1ccccc1. The molecule has 5 nitrogen and oxygen atoms in total. The fourth-order valence-corrected chi connectivity index (χ4v) is 4.89. The smallest absolute Gasteiger partial charge is 0.250 e. The number of hydrogen-bond acceptors (Lipinski definition) is 6. The minimum Gasteiger partial charge on any atom is -0.488 e. The van der Waals surface area contributed by atoms with Crippen molar-refractivity contribution in [2.75, 3.05) is 5.75 Å². The van der Waals surface area contributed by atoms with Gasteiger partial charge in [-0.1, -0.05) is 88.4 Å². The Balaban J connectivity index is 1.30. The summed E-state index contributed by atoms with van der Waals surface area (Å²) in [5.74, 6) is 0.717. The number of thioether (sulfide) groups is 1. The van der Waals surface area contributed by atoms with Gasteiger partial charge in [-0.2, -0.15) is 5.10 Å².